The van der Waals surface area contributed by atoms with Crippen LogP contribution in [0, 0.1) is 3.57 Å². The number of hydrogen-bond donors (Lipinski definition) is 5. The third-order valence-electron chi connectivity index (χ3n) is 7.27. The molecule has 2 aliphatic rings. The Kier molecular flexibility index (Phi) is 13.0. The van der Waals surface area contributed by atoms with Crippen molar-refractivity contribution in [3.63, 3.8) is 0 Å². The number of benzene rings is 3. The number of aromatic hydroxyl groups is 1. The number of phenolic OH excluding ortho intramolecular Hbond substituents is 1. The summed E-state index contributed by atoms with van der Waals surface area (Å²) < 4.78 is 18.8. The van der Waals surface area contributed by atoms with Gasteiger partial charge in [-0.15, -0.1) is 0 Å². The van der Waals surface area contributed by atoms with Gasteiger partial charge in [0.2, 0.25) is 11.8 Å². The fraction of sp³-hybridized carbons (Fsp3) is 0.353. The molecule has 49 heavy (non-hydrogen) atoms. The molecule has 262 valence electrons. The molecule has 2 heterocycles. The molecule has 5 N–H and O–H groups in total. The van der Waals surface area contributed by atoms with Crippen LogP contribution in [0.4, 0.5) is 4.79 Å². The van der Waals surface area contributed by atoms with Gasteiger partial charge in [0, 0.05) is 12.8 Å². The van der Waals surface area contributed by atoms with Crippen LogP contribution < -0.4 is 20.7 Å². The molecule has 2 aliphatic heterocycles. The Labute approximate surface area is 314 Å². The Bertz CT molecular complexity index is 1700. The van der Waals surface area contributed by atoms with E-state index in [1.807, 2.05) is 52.9 Å². The van der Waals surface area contributed by atoms with Gasteiger partial charge in [-0.2, -0.15) is 0 Å². The van der Waals surface area contributed by atoms with Gasteiger partial charge in [-0.25, -0.2) is 9.59 Å². The van der Waals surface area contributed by atoms with Crippen molar-refractivity contribution in [1.29, 1.82) is 0 Å². The molecular weight excluding hydrogens is 881 g/mol. The molecule has 3 amide bonds. The van der Waals surface area contributed by atoms with Crippen molar-refractivity contribution in [2.75, 3.05) is 0 Å². The van der Waals surface area contributed by atoms with Crippen molar-refractivity contribution < 1.29 is 43.6 Å². The van der Waals surface area contributed by atoms with Crippen molar-refractivity contribution in [2.24, 2.45) is 0 Å². The van der Waals surface area contributed by atoms with Crippen LogP contribution in [0.5, 0.6) is 17.2 Å². The van der Waals surface area contributed by atoms with Gasteiger partial charge < -0.3 is 40.4 Å². The lowest BCUT2D eigenvalue weighted by molar-refractivity contribution is -0.143. The maximum absolute atomic E-state index is 14.0. The van der Waals surface area contributed by atoms with Crippen LogP contribution in [0.15, 0.2) is 63.5 Å². The van der Waals surface area contributed by atoms with Gasteiger partial charge in [-0.3, -0.25) is 9.59 Å². The zero-order chi connectivity index (χ0) is 36.0. The van der Waals surface area contributed by atoms with Gasteiger partial charge in [0.15, 0.2) is 17.2 Å². The smallest absolute Gasteiger partial charge is 0.408 e. The molecule has 0 radical (unpaired) electrons. The van der Waals surface area contributed by atoms with E-state index in [2.05, 4.69) is 47.8 Å². The third-order valence-corrected chi connectivity index (χ3v) is 9.27. The van der Waals surface area contributed by atoms with E-state index in [0.717, 1.165) is 5.56 Å². The lowest BCUT2D eigenvalue weighted by Gasteiger charge is -2.29. The molecule has 12 nitrogen and oxygen atoms in total. The lowest BCUT2D eigenvalue weighted by Crippen LogP contribution is -2.60. The van der Waals surface area contributed by atoms with Gasteiger partial charge in [-0.05, 0) is 123 Å². The predicted molar refractivity (Wildman–Crippen MR) is 195 cm³/mol. The molecule has 0 aromatic heterocycles. The normalized spacial score (nSPS) is 19.1. The van der Waals surface area contributed by atoms with E-state index in [-0.39, 0.29) is 36.7 Å². The lowest BCUT2D eigenvalue weighted by atomic mass is 10.0. The minimum Gasteiger partial charge on any atom is -0.504 e. The van der Waals surface area contributed by atoms with Crippen LogP contribution in [0.2, 0.25) is 0 Å². The summed E-state index contributed by atoms with van der Waals surface area (Å²) in [6.45, 7) is 6.71. The van der Waals surface area contributed by atoms with Crippen molar-refractivity contribution in [3.8, 4) is 17.2 Å². The Morgan fingerprint density at radius 3 is 2.27 bits per heavy atom. The van der Waals surface area contributed by atoms with Crippen LogP contribution in [-0.4, -0.2) is 63.9 Å². The van der Waals surface area contributed by atoms with E-state index in [1.165, 1.54) is 6.07 Å². The Morgan fingerprint density at radius 1 is 1.02 bits per heavy atom. The Morgan fingerprint density at radius 2 is 1.65 bits per heavy atom. The number of alkyl carbamates (subject to hydrolysis) is 1. The minimum absolute atomic E-state index is 0.0675. The Balaban J connectivity index is 1.80. The van der Waals surface area contributed by atoms with Crippen LogP contribution in [-0.2, 0) is 43.3 Å². The summed E-state index contributed by atoms with van der Waals surface area (Å²) in [7, 11) is 0. The maximum atomic E-state index is 14.0. The summed E-state index contributed by atoms with van der Waals surface area (Å²) in [4.78, 5) is 53.2. The summed E-state index contributed by atoms with van der Waals surface area (Å²) in [6, 6.07) is 11.6. The molecule has 1 unspecified atom stereocenters. The molecule has 0 aliphatic carbocycles. The molecule has 0 fully saturated rings. The highest BCUT2D eigenvalue weighted by molar-refractivity contribution is 14.1. The number of fused-ring (bicyclic) bond motifs is 10. The topological polar surface area (TPSA) is 173 Å². The number of phenols is 1. The van der Waals surface area contributed by atoms with E-state index in [4.69, 9.17) is 14.2 Å². The van der Waals surface area contributed by atoms with Gasteiger partial charge in [-0.1, -0.05) is 30.3 Å². The summed E-state index contributed by atoms with van der Waals surface area (Å²) in [6.07, 6.45) is -2.05. The number of carboxylic acids is 1. The highest BCUT2D eigenvalue weighted by atomic mass is 127. The zero-order valence-corrected chi connectivity index (χ0v) is 32.3. The van der Waals surface area contributed by atoms with Crippen LogP contribution >= 0.6 is 54.5 Å². The molecule has 0 saturated heterocycles. The van der Waals surface area contributed by atoms with Gasteiger partial charge in [0.25, 0.3) is 0 Å². The van der Waals surface area contributed by atoms with Crippen LogP contribution in [0.1, 0.15) is 44.4 Å². The fourth-order valence-electron chi connectivity index (χ4n) is 4.90. The highest BCUT2D eigenvalue weighted by Gasteiger charge is 2.35. The molecular formula is C34H36Br2IN3O9. The number of rotatable bonds is 6. The number of aliphatic carboxylic acids is 1. The van der Waals surface area contributed by atoms with Crippen LogP contribution in [0.3, 0.4) is 0 Å². The SMILES string of the molecule is C[C@H](OCc1ccccc1)[C@@H]1NC(=O)[C@@H](NC(=O)OC(C)(C)C)Cc2cc(I)c(O)c(c2)Oc2c(Br)cc(cc2Br)CC(C(=O)O)NC1=O. The molecule has 4 atom stereocenters. The number of carbonyl (C=O) groups is 4. The maximum Gasteiger partial charge on any atom is 0.408 e. The van der Waals surface area contributed by atoms with E-state index in [0.29, 0.717) is 23.6 Å². The summed E-state index contributed by atoms with van der Waals surface area (Å²) in [5.41, 5.74) is 0.974. The largest absolute Gasteiger partial charge is 0.504 e. The molecule has 3 aromatic rings. The molecule has 0 saturated carbocycles. The summed E-state index contributed by atoms with van der Waals surface area (Å²) in [5.74, 6) is -2.67. The molecule has 3 aromatic carbocycles. The standard InChI is InChI=1S/C34H36Br2IN3O9/c1-17(47-16-18-8-6-5-7-9-18)27-31(43)38-25(32(44)45)14-19-10-21(35)29(22(36)11-19)48-26-15-20(12-23(37)28(26)41)13-24(30(42)40-27)39-33(46)49-34(2,3)4/h5-12,15,17,24-25,27,41H,13-14,16H2,1-4H3,(H,38,43)(H,39,46)(H,40,42)(H,44,45)/t17-,24-,25?,27-/m0/s1. The first-order valence-corrected chi connectivity index (χ1v) is 17.8. The van der Waals surface area contributed by atoms with Crippen molar-refractivity contribution >= 4 is 78.3 Å². The van der Waals surface area contributed by atoms with E-state index < -0.39 is 53.7 Å². The average molecular weight is 917 g/mol. The average Bonchev–Trinajstić information content (AvgIpc) is 3.01. The fourth-order valence-corrected chi connectivity index (χ4v) is 7.01. The number of ether oxygens (including phenoxy) is 3. The third kappa shape index (κ3) is 10.8. The number of hydrogen-bond acceptors (Lipinski definition) is 8. The minimum atomic E-state index is -1.40. The first kappa shape index (κ1) is 38.4. The predicted octanol–water partition coefficient (Wildman–Crippen LogP) is 5.97. The number of amides is 3. The van der Waals surface area contributed by atoms with Gasteiger partial charge in [0.1, 0.15) is 23.7 Å². The monoisotopic (exact) mass is 915 g/mol. The molecule has 4 bridgehead atoms. The number of carbonyl (C=O) groups excluding carboxylic acids is 3. The second kappa shape index (κ2) is 16.5. The summed E-state index contributed by atoms with van der Waals surface area (Å²) >= 11 is 8.88. The molecule has 5 rings (SSSR count). The number of nitrogens with one attached hydrogen (secondary N) is 3. The van der Waals surface area contributed by atoms with Crippen LogP contribution in [0.25, 0.3) is 0 Å². The van der Waals surface area contributed by atoms with Crippen molar-refractivity contribution in [2.45, 2.75) is 77.0 Å². The first-order valence-electron chi connectivity index (χ1n) is 15.2. The van der Waals surface area contributed by atoms with Gasteiger partial charge in [0.05, 0.1) is 25.2 Å². The quantitative estimate of drug-likeness (QED) is 0.187. The second-order valence-electron chi connectivity index (χ2n) is 12.4. The molecule has 15 heteroatoms. The highest BCUT2D eigenvalue weighted by Crippen LogP contribution is 2.42. The molecule has 0 spiro atoms. The van der Waals surface area contributed by atoms with E-state index in [1.54, 1.807) is 45.9 Å². The van der Waals surface area contributed by atoms with Crippen molar-refractivity contribution in [1.82, 2.24) is 16.0 Å². The van der Waals surface area contributed by atoms with Crippen molar-refractivity contribution in [3.05, 3.63) is 83.8 Å². The first-order chi connectivity index (χ1) is 23.0. The zero-order valence-electron chi connectivity index (χ0n) is 27.0. The second-order valence-corrected chi connectivity index (χ2v) is 15.3. The summed E-state index contributed by atoms with van der Waals surface area (Å²) in [5, 5.41) is 28.8. The number of carboxylic acid groups (broad SMARTS) is 1. The van der Waals surface area contributed by atoms with E-state index in [9.17, 15) is 29.4 Å². The number of halogens is 3. The van der Waals surface area contributed by atoms with Gasteiger partial charge >= 0.3 is 12.1 Å². The Hall–Kier alpha value is -3.41. The van der Waals surface area contributed by atoms with E-state index >= 15 is 0 Å².